The number of fused-ring (bicyclic) bond motifs is 1. The van der Waals surface area contributed by atoms with Crippen molar-refractivity contribution in [2.45, 2.75) is 19.8 Å². The van der Waals surface area contributed by atoms with Crippen LogP contribution in [-0.2, 0) is 6.42 Å². The highest BCUT2D eigenvalue weighted by molar-refractivity contribution is 14.1. The zero-order valence-corrected chi connectivity index (χ0v) is 14.7. The topological polar surface area (TPSA) is 32.3 Å². The van der Waals surface area contributed by atoms with E-state index in [-0.39, 0.29) is 6.03 Å². The van der Waals surface area contributed by atoms with E-state index in [1.165, 1.54) is 19.9 Å². The predicted molar refractivity (Wildman–Crippen MR) is 96.7 cm³/mol. The van der Waals surface area contributed by atoms with Crippen molar-refractivity contribution >= 4 is 39.4 Å². The lowest BCUT2D eigenvalue weighted by molar-refractivity contribution is 0.209. The van der Waals surface area contributed by atoms with Crippen molar-refractivity contribution in [1.29, 1.82) is 0 Å². The van der Waals surface area contributed by atoms with Crippen LogP contribution in [0, 0.1) is 3.57 Å². The molecule has 0 spiro atoms. The number of hydrogen-bond acceptors (Lipinski definition) is 1. The van der Waals surface area contributed by atoms with Crippen molar-refractivity contribution in [3.05, 3.63) is 45.5 Å². The van der Waals surface area contributed by atoms with E-state index >= 15 is 0 Å². The molecule has 0 unspecified atom stereocenters. The number of amides is 2. The van der Waals surface area contributed by atoms with Crippen LogP contribution in [-0.4, -0.2) is 31.1 Å². The second-order valence-corrected chi connectivity index (χ2v) is 6.43. The largest absolute Gasteiger partial charge is 0.338 e. The van der Waals surface area contributed by atoms with Gasteiger partial charge in [0.25, 0.3) is 0 Å². The van der Waals surface area contributed by atoms with E-state index in [2.05, 4.69) is 71.2 Å². The van der Waals surface area contributed by atoms with E-state index in [1.807, 2.05) is 7.05 Å². The van der Waals surface area contributed by atoms with Gasteiger partial charge in [0.05, 0.1) is 0 Å². The zero-order chi connectivity index (χ0) is 15.2. The molecular weight excluding hydrogens is 375 g/mol. The van der Waals surface area contributed by atoms with Crippen LogP contribution >= 0.6 is 22.6 Å². The third-order valence-electron chi connectivity index (χ3n) is 3.52. The minimum Gasteiger partial charge on any atom is -0.338 e. The second-order valence-electron chi connectivity index (χ2n) is 5.19. The molecule has 0 bridgehead atoms. The summed E-state index contributed by atoms with van der Waals surface area (Å²) in [5, 5.41) is 5.44. The van der Waals surface area contributed by atoms with Gasteiger partial charge in [-0.3, -0.25) is 0 Å². The molecule has 2 aromatic carbocycles. The molecule has 0 aromatic heterocycles. The fraction of sp³-hybridized carbons (Fsp3) is 0.353. The lowest BCUT2D eigenvalue weighted by atomic mass is 10.0. The molecule has 4 heteroatoms. The maximum Gasteiger partial charge on any atom is 0.317 e. The van der Waals surface area contributed by atoms with Crippen LogP contribution in [0.2, 0.25) is 0 Å². The van der Waals surface area contributed by atoms with E-state index in [4.69, 9.17) is 0 Å². The van der Waals surface area contributed by atoms with E-state index < -0.39 is 0 Å². The van der Waals surface area contributed by atoms with Gasteiger partial charge in [0.1, 0.15) is 0 Å². The number of likely N-dealkylation sites (N-methyl/N-ethyl adjacent to an activating group) is 1. The third kappa shape index (κ3) is 4.33. The molecular formula is C17H21IN2O. The molecule has 2 aromatic rings. The molecule has 1 N–H and O–H groups in total. The first kappa shape index (κ1) is 16.1. The van der Waals surface area contributed by atoms with Crippen LogP contribution in [0.5, 0.6) is 0 Å². The van der Waals surface area contributed by atoms with Gasteiger partial charge in [0.2, 0.25) is 0 Å². The highest BCUT2D eigenvalue weighted by Crippen LogP contribution is 2.22. The van der Waals surface area contributed by atoms with Crippen molar-refractivity contribution in [2.75, 3.05) is 20.1 Å². The van der Waals surface area contributed by atoms with Gasteiger partial charge in [0.15, 0.2) is 0 Å². The molecule has 0 saturated carbocycles. The summed E-state index contributed by atoms with van der Waals surface area (Å²) in [4.78, 5) is 13.6. The summed E-state index contributed by atoms with van der Waals surface area (Å²) in [5.74, 6) is 0. The normalized spacial score (nSPS) is 10.6. The minimum absolute atomic E-state index is 0.00617. The van der Waals surface area contributed by atoms with Gasteiger partial charge in [0, 0.05) is 23.7 Å². The van der Waals surface area contributed by atoms with Gasteiger partial charge in [-0.05, 0) is 63.9 Å². The van der Waals surface area contributed by atoms with Crippen molar-refractivity contribution in [1.82, 2.24) is 10.2 Å². The monoisotopic (exact) mass is 396 g/mol. The van der Waals surface area contributed by atoms with Gasteiger partial charge >= 0.3 is 6.03 Å². The zero-order valence-electron chi connectivity index (χ0n) is 12.5. The molecule has 0 heterocycles. The number of carbonyl (C=O) groups excluding carboxylic acids is 1. The Bertz CT molecular complexity index is 627. The van der Waals surface area contributed by atoms with Crippen molar-refractivity contribution in [3.63, 3.8) is 0 Å². The number of benzene rings is 2. The summed E-state index contributed by atoms with van der Waals surface area (Å²) in [5.41, 5.74) is 1.29. The Balaban J connectivity index is 2.06. The number of halogens is 1. The number of rotatable bonds is 5. The first-order valence-electron chi connectivity index (χ1n) is 7.28. The molecule has 0 saturated heterocycles. The van der Waals surface area contributed by atoms with Crippen molar-refractivity contribution < 1.29 is 4.79 Å². The molecule has 2 rings (SSSR count). The van der Waals surface area contributed by atoms with Crippen molar-refractivity contribution in [2.24, 2.45) is 0 Å². The molecule has 0 aliphatic heterocycles. The molecule has 0 atom stereocenters. The van der Waals surface area contributed by atoms with Crippen LogP contribution in [0.15, 0.2) is 36.4 Å². The lowest BCUT2D eigenvalue weighted by Gasteiger charge is -2.18. The highest BCUT2D eigenvalue weighted by atomic mass is 127. The summed E-state index contributed by atoms with van der Waals surface area (Å²) in [6, 6.07) is 12.9. The highest BCUT2D eigenvalue weighted by Gasteiger charge is 2.08. The lowest BCUT2D eigenvalue weighted by Crippen LogP contribution is -2.38. The Morgan fingerprint density at radius 2 is 2.10 bits per heavy atom. The molecule has 0 aliphatic rings. The summed E-state index contributed by atoms with van der Waals surface area (Å²) in [6.45, 7) is 3.51. The number of carbonyl (C=O) groups is 1. The Morgan fingerprint density at radius 3 is 2.86 bits per heavy atom. The maximum absolute atomic E-state index is 11.9. The predicted octanol–water partition coefficient (Wildman–Crippen LogP) is 4.04. The van der Waals surface area contributed by atoms with Crippen LogP contribution in [0.25, 0.3) is 10.8 Å². The fourth-order valence-electron chi connectivity index (χ4n) is 2.28. The third-order valence-corrected chi connectivity index (χ3v) is 4.19. The number of hydrogen-bond donors (Lipinski definition) is 1. The molecule has 0 fully saturated rings. The average Bonchev–Trinajstić information content (AvgIpc) is 2.50. The first-order chi connectivity index (χ1) is 10.1. The average molecular weight is 396 g/mol. The van der Waals surface area contributed by atoms with E-state index in [0.717, 1.165) is 25.9 Å². The number of urea groups is 1. The van der Waals surface area contributed by atoms with Gasteiger partial charge in [-0.25, -0.2) is 4.79 Å². The first-order valence-corrected chi connectivity index (χ1v) is 8.36. The van der Waals surface area contributed by atoms with E-state index in [1.54, 1.807) is 4.90 Å². The van der Waals surface area contributed by atoms with Crippen molar-refractivity contribution in [3.8, 4) is 0 Å². The Labute approximate surface area is 139 Å². The molecule has 3 nitrogen and oxygen atoms in total. The Hall–Kier alpha value is -1.30. The minimum atomic E-state index is 0.00617. The summed E-state index contributed by atoms with van der Waals surface area (Å²) in [6.07, 6.45) is 1.83. The van der Waals surface area contributed by atoms with Gasteiger partial charge in [-0.15, -0.1) is 0 Å². The molecule has 0 radical (unpaired) electrons. The second kappa shape index (κ2) is 7.64. The maximum atomic E-state index is 11.9. The summed E-state index contributed by atoms with van der Waals surface area (Å²) in [7, 11) is 1.85. The van der Waals surface area contributed by atoms with Crippen LogP contribution in [0.3, 0.4) is 0 Å². The fourth-order valence-corrected chi connectivity index (χ4v) is 2.78. The summed E-state index contributed by atoms with van der Waals surface area (Å²) < 4.78 is 1.24. The Kier molecular flexibility index (Phi) is 5.85. The number of nitrogens with one attached hydrogen (secondary N) is 1. The van der Waals surface area contributed by atoms with E-state index in [9.17, 15) is 4.79 Å². The van der Waals surface area contributed by atoms with Gasteiger partial charge in [-0.2, -0.15) is 0 Å². The van der Waals surface area contributed by atoms with Crippen LogP contribution < -0.4 is 5.32 Å². The van der Waals surface area contributed by atoms with Crippen LogP contribution in [0.4, 0.5) is 4.79 Å². The standard InChI is InChI=1S/C17H21IN2O/c1-3-10-19-17(21)20(2)11-9-14-6-4-5-13-7-8-15(18)12-16(13)14/h4-8,12H,3,9-11H2,1-2H3,(H,19,21). The SMILES string of the molecule is CCCNC(=O)N(C)CCc1cccc2ccc(I)cc12. The van der Waals surface area contributed by atoms with Gasteiger partial charge in [-0.1, -0.05) is 31.2 Å². The van der Waals surface area contributed by atoms with E-state index in [0.29, 0.717) is 0 Å². The smallest absolute Gasteiger partial charge is 0.317 e. The van der Waals surface area contributed by atoms with Crippen LogP contribution in [0.1, 0.15) is 18.9 Å². The molecule has 0 aliphatic carbocycles. The molecule has 21 heavy (non-hydrogen) atoms. The Morgan fingerprint density at radius 1 is 1.29 bits per heavy atom. The number of nitrogens with zero attached hydrogens (tertiary/aromatic N) is 1. The summed E-state index contributed by atoms with van der Waals surface area (Å²) >= 11 is 2.34. The molecule has 2 amide bonds. The quantitative estimate of drug-likeness (QED) is 0.761. The molecule has 112 valence electrons. The van der Waals surface area contributed by atoms with Gasteiger partial charge < -0.3 is 10.2 Å².